The summed E-state index contributed by atoms with van der Waals surface area (Å²) in [5, 5.41) is 6.47. The third kappa shape index (κ3) is 4.10. The molecule has 2 aliphatic rings. The maximum absolute atomic E-state index is 14.9. The van der Waals surface area contributed by atoms with Crippen molar-refractivity contribution in [2.45, 2.75) is 19.4 Å². The van der Waals surface area contributed by atoms with Gasteiger partial charge in [-0.05, 0) is 43.7 Å². The van der Waals surface area contributed by atoms with Crippen molar-refractivity contribution in [3.8, 4) is 0 Å². The molecule has 2 aromatic carbocycles. The summed E-state index contributed by atoms with van der Waals surface area (Å²) in [5.74, 6) is -0.566. The van der Waals surface area contributed by atoms with Gasteiger partial charge in [-0.1, -0.05) is 17.7 Å². The molecule has 5 rings (SSSR count). The predicted molar refractivity (Wildman–Crippen MR) is 130 cm³/mol. The Bertz CT molecular complexity index is 1340. The third-order valence-corrected chi connectivity index (χ3v) is 6.37. The molecule has 1 saturated heterocycles. The Morgan fingerprint density at radius 1 is 1.21 bits per heavy atom. The molecule has 0 saturated carbocycles. The van der Waals surface area contributed by atoms with E-state index in [1.54, 1.807) is 41.4 Å². The number of fused-ring (bicyclic) bond motifs is 1. The minimum Gasteiger partial charge on any atom is -0.340 e. The van der Waals surface area contributed by atoms with Gasteiger partial charge in [-0.25, -0.2) is 14.8 Å². The number of aromatic nitrogens is 2. The van der Waals surface area contributed by atoms with Crippen LogP contribution in [0, 0.1) is 5.82 Å². The van der Waals surface area contributed by atoms with Crippen molar-refractivity contribution in [2.24, 2.45) is 5.10 Å². The highest BCUT2D eigenvalue weighted by Gasteiger charge is 2.31. The second kappa shape index (κ2) is 9.03. The molecular weight excluding hydrogens is 461 g/mol. The number of nitrogens with one attached hydrogen (secondary N) is 2. The van der Waals surface area contributed by atoms with Crippen LogP contribution in [0.5, 0.6) is 0 Å². The van der Waals surface area contributed by atoms with E-state index in [4.69, 9.17) is 11.6 Å². The summed E-state index contributed by atoms with van der Waals surface area (Å²) in [4.78, 5) is 37.2. The minimum atomic E-state index is -0.598. The van der Waals surface area contributed by atoms with Crippen LogP contribution < -0.4 is 21.0 Å². The average Bonchev–Trinajstić information content (AvgIpc) is 3.28. The summed E-state index contributed by atoms with van der Waals surface area (Å²) in [5.41, 5.74) is 3.60. The minimum absolute atomic E-state index is 0.0246. The van der Waals surface area contributed by atoms with Crippen LogP contribution >= 0.6 is 11.6 Å². The number of hydrogen-bond donors (Lipinski definition) is 2. The second-order valence-electron chi connectivity index (χ2n) is 8.28. The molecule has 3 heterocycles. The standard InChI is InChI=1S/C23H23ClFN7O2/c1-14-7-10-30(23-28-18-6-5-15(24)13-16(18)21(33)29-23)11-12-31(14)22(34)20-17(25)3-2-4-19(20)32-26-8-9-27-32/h2-6,8,13-14,27H,7,9-12H2,1H3,(H,28,29,33). The molecule has 0 aliphatic carbocycles. The first-order valence-electron chi connectivity index (χ1n) is 11.0. The van der Waals surface area contributed by atoms with Gasteiger partial charge in [0.25, 0.3) is 11.5 Å². The number of hydrogen-bond acceptors (Lipinski definition) is 7. The number of nitrogens with zero attached hydrogens (tertiary/aromatic N) is 5. The van der Waals surface area contributed by atoms with Crippen molar-refractivity contribution in [1.82, 2.24) is 20.3 Å². The molecule has 1 fully saturated rings. The lowest BCUT2D eigenvalue weighted by Crippen LogP contribution is -2.41. The molecule has 1 unspecified atom stereocenters. The highest BCUT2D eigenvalue weighted by Crippen LogP contribution is 2.27. The van der Waals surface area contributed by atoms with E-state index >= 15 is 0 Å². The van der Waals surface area contributed by atoms with Gasteiger partial charge >= 0.3 is 0 Å². The van der Waals surface area contributed by atoms with Gasteiger partial charge in [-0.15, -0.1) is 0 Å². The number of carbonyl (C=O) groups excluding carboxylic acids is 1. The summed E-state index contributed by atoms with van der Waals surface area (Å²) in [7, 11) is 0. The number of hydrazine groups is 1. The second-order valence-corrected chi connectivity index (χ2v) is 8.72. The first-order valence-corrected chi connectivity index (χ1v) is 11.4. The fraction of sp³-hybridized carbons (Fsp3) is 0.304. The van der Waals surface area contributed by atoms with E-state index in [-0.39, 0.29) is 17.2 Å². The Morgan fingerprint density at radius 3 is 2.85 bits per heavy atom. The van der Waals surface area contributed by atoms with Crippen LogP contribution in [-0.4, -0.2) is 59.2 Å². The zero-order chi connectivity index (χ0) is 23.8. The molecule has 2 aliphatic heterocycles. The summed E-state index contributed by atoms with van der Waals surface area (Å²) >= 11 is 6.01. The van der Waals surface area contributed by atoms with E-state index in [1.807, 2.05) is 11.8 Å². The molecule has 1 amide bonds. The van der Waals surface area contributed by atoms with Crippen LogP contribution in [-0.2, 0) is 0 Å². The summed E-state index contributed by atoms with van der Waals surface area (Å²) < 4.78 is 14.9. The number of carbonyl (C=O) groups is 1. The van der Waals surface area contributed by atoms with Gasteiger partial charge in [0.2, 0.25) is 5.95 Å². The largest absolute Gasteiger partial charge is 0.340 e. The highest BCUT2D eigenvalue weighted by molar-refractivity contribution is 6.31. The fourth-order valence-corrected chi connectivity index (χ4v) is 4.48. The van der Waals surface area contributed by atoms with Crippen molar-refractivity contribution in [2.75, 3.05) is 36.2 Å². The van der Waals surface area contributed by atoms with Crippen molar-refractivity contribution >= 4 is 46.3 Å². The van der Waals surface area contributed by atoms with E-state index in [2.05, 4.69) is 20.5 Å². The average molecular weight is 484 g/mol. The molecule has 1 aromatic heterocycles. The van der Waals surface area contributed by atoms with Gasteiger partial charge in [0.15, 0.2) is 0 Å². The third-order valence-electron chi connectivity index (χ3n) is 6.14. The number of rotatable bonds is 3. The number of aromatic amines is 1. The van der Waals surface area contributed by atoms with Crippen LogP contribution in [0.3, 0.4) is 0 Å². The maximum Gasteiger partial charge on any atom is 0.260 e. The van der Waals surface area contributed by atoms with Crippen molar-refractivity contribution in [3.63, 3.8) is 0 Å². The van der Waals surface area contributed by atoms with Crippen molar-refractivity contribution < 1.29 is 9.18 Å². The van der Waals surface area contributed by atoms with E-state index < -0.39 is 11.7 Å². The normalized spacial score (nSPS) is 18.6. The molecular formula is C23H23ClFN7O2. The molecule has 1 atom stereocenters. The number of H-pyrrole nitrogens is 1. The molecule has 0 bridgehead atoms. The van der Waals surface area contributed by atoms with Gasteiger partial charge in [-0.3, -0.25) is 14.6 Å². The molecule has 0 spiro atoms. The quantitative estimate of drug-likeness (QED) is 0.594. The first kappa shape index (κ1) is 22.3. The highest BCUT2D eigenvalue weighted by atomic mass is 35.5. The Hall–Kier alpha value is -3.50. The molecule has 176 valence electrons. The lowest BCUT2D eigenvalue weighted by molar-refractivity contribution is 0.0701. The van der Waals surface area contributed by atoms with Gasteiger partial charge in [-0.2, -0.15) is 10.2 Å². The van der Waals surface area contributed by atoms with Gasteiger partial charge in [0, 0.05) is 36.9 Å². The molecule has 11 heteroatoms. The Labute approximate surface area is 199 Å². The van der Waals surface area contributed by atoms with Crippen molar-refractivity contribution in [1.29, 1.82) is 0 Å². The number of anilines is 2. The number of amides is 1. The lowest BCUT2D eigenvalue weighted by atomic mass is 10.1. The Morgan fingerprint density at radius 2 is 2.06 bits per heavy atom. The predicted octanol–water partition coefficient (Wildman–Crippen LogP) is 2.77. The van der Waals surface area contributed by atoms with Crippen molar-refractivity contribution in [3.05, 3.63) is 63.2 Å². The number of benzene rings is 2. The Kier molecular flexibility index (Phi) is 5.93. The number of hydrazone groups is 1. The van der Waals surface area contributed by atoms with Crippen LogP contribution in [0.25, 0.3) is 10.9 Å². The first-order chi connectivity index (χ1) is 16.4. The summed E-state index contributed by atoms with van der Waals surface area (Å²) in [6.07, 6.45) is 2.27. The molecule has 0 radical (unpaired) electrons. The topological polar surface area (TPSA) is 96.9 Å². The zero-order valence-electron chi connectivity index (χ0n) is 18.5. The summed E-state index contributed by atoms with van der Waals surface area (Å²) in [6, 6.07) is 9.34. The van der Waals surface area contributed by atoms with E-state index in [0.717, 1.165) is 0 Å². The van der Waals surface area contributed by atoms with Gasteiger partial charge < -0.3 is 9.80 Å². The van der Waals surface area contributed by atoms with E-state index in [9.17, 15) is 14.0 Å². The molecule has 9 nitrogen and oxygen atoms in total. The smallest absolute Gasteiger partial charge is 0.260 e. The fourth-order valence-electron chi connectivity index (χ4n) is 4.30. The van der Waals surface area contributed by atoms with Crippen LogP contribution in [0.2, 0.25) is 5.02 Å². The van der Waals surface area contributed by atoms with E-state index in [0.29, 0.717) is 60.2 Å². The monoisotopic (exact) mass is 483 g/mol. The van der Waals surface area contributed by atoms with Crippen LogP contribution in [0.15, 0.2) is 46.3 Å². The number of halogens is 2. The van der Waals surface area contributed by atoms with Crippen LogP contribution in [0.4, 0.5) is 16.0 Å². The Balaban J connectivity index is 1.42. The maximum atomic E-state index is 14.9. The van der Waals surface area contributed by atoms with E-state index in [1.165, 1.54) is 11.2 Å². The lowest BCUT2D eigenvalue weighted by Gasteiger charge is -2.28. The molecule has 34 heavy (non-hydrogen) atoms. The van der Waals surface area contributed by atoms with Gasteiger partial charge in [0.1, 0.15) is 11.4 Å². The zero-order valence-corrected chi connectivity index (χ0v) is 19.2. The summed E-state index contributed by atoms with van der Waals surface area (Å²) in [6.45, 7) is 3.79. The molecule has 2 N–H and O–H groups in total. The molecule has 3 aromatic rings. The SMILES string of the molecule is CC1CCN(c2nc3ccc(Cl)cc3c(=O)[nH]2)CCN1C(=O)c1c(F)cccc1N1N=CCN1. The van der Waals surface area contributed by atoms with Crippen LogP contribution in [0.1, 0.15) is 23.7 Å². The van der Waals surface area contributed by atoms with Gasteiger partial charge in [0.05, 0.1) is 23.1 Å².